The maximum atomic E-state index is 14.6. The van der Waals surface area contributed by atoms with Crippen molar-refractivity contribution in [3.05, 3.63) is 71.8 Å². The van der Waals surface area contributed by atoms with Gasteiger partial charge in [0.1, 0.15) is 29.3 Å². The van der Waals surface area contributed by atoms with E-state index in [1.165, 1.54) is 0 Å². The Kier molecular flexibility index (Phi) is 12.2. The number of esters is 1. The molecule has 3 amide bonds. The molecule has 9 nitrogen and oxygen atoms in total. The fourth-order valence-electron chi connectivity index (χ4n) is 5.20. The average molecular weight is 622 g/mol. The van der Waals surface area contributed by atoms with Crippen molar-refractivity contribution in [2.75, 3.05) is 0 Å². The molecule has 2 N–H and O–H groups in total. The van der Waals surface area contributed by atoms with Crippen LogP contribution >= 0.6 is 0 Å². The van der Waals surface area contributed by atoms with E-state index >= 15 is 0 Å². The number of ether oxygens (including phenoxy) is 2. The van der Waals surface area contributed by atoms with Gasteiger partial charge in [0, 0.05) is 12.5 Å². The van der Waals surface area contributed by atoms with Crippen molar-refractivity contribution in [2.45, 2.75) is 123 Å². The van der Waals surface area contributed by atoms with Gasteiger partial charge >= 0.3 is 12.1 Å². The van der Waals surface area contributed by atoms with E-state index in [2.05, 4.69) is 10.6 Å². The molecule has 3 rings (SSSR count). The SMILES string of the molecule is CCC(C)C(NC(=O)OC(C)(C)C)C(=O)N(C1CCC1)C(C(=O)NC(Cc1ccccc1)C(=O)OC(C)(C)C)c1ccccc1. The van der Waals surface area contributed by atoms with E-state index in [-0.39, 0.29) is 24.3 Å². The molecule has 45 heavy (non-hydrogen) atoms. The molecular weight excluding hydrogens is 570 g/mol. The molecule has 0 radical (unpaired) electrons. The predicted octanol–water partition coefficient (Wildman–Crippen LogP) is 6.12. The van der Waals surface area contributed by atoms with Gasteiger partial charge in [0.2, 0.25) is 11.8 Å². The molecule has 0 bridgehead atoms. The number of benzene rings is 2. The lowest BCUT2D eigenvalue weighted by atomic mass is 9.86. The lowest BCUT2D eigenvalue weighted by Crippen LogP contribution is -2.60. The Morgan fingerprint density at radius 1 is 0.844 bits per heavy atom. The van der Waals surface area contributed by atoms with E-state index < -0.39 is 47.3 Å². The Morgan fingerprint density at radius 2 is 1.40 bits per heavy atom. The number of alkyl carbamates (subject to hydrolysis) is 1. The fraction of sp³-hybridized carbons (Fsp3) is 0.556. The maximum absolute atomic E-state index is 14.6. The molecule has 0 saturated heterocycles. The molecule has 246 valence electrons. The van der Waals surface area contributed by atoms with Crippen molar-refractivity contribution in [3.8, 4) is 0 Å². The van der Waals surface area contributed by atoms with Gasteiger partial charge in [-0.15, -0.1) is 0 Å². The Morgan fingerprint density at radius 3 is 1.89 bits per heavy atom. The minimum atomic E-state index is -1.04. The third-order valence-electron chi connectivity index (χ3n) is 7.81. The number of carbonyl (C=O) groups excluding carboxylic acids is 4. The van der Waals surface area contributed by atoms with Gasteiger partial charge in [0.25, 0.3) is 0 Å². The molecule has 0 spiro atoms. The summed E-state index contributed by atoms with van der Waals surface area (Å²) in [6.45, 7) is 14.5. The summed E-state index contributed by atoms with van der Waals surface area (Å²) in [6.07, 6.45) is 2.51. The molecule has 9 heteroatoms. The van der Waals surface area contributed by atoms with Gasteiger partial charge in [-0.1, -0.05) is 80.9 Å². The first kappa shape index (κ1) is 35.6. The third-order valence-corrected chi connectivity index (χ3v) is 7.81. The van der Waals surface area contributed by atoms with Gasteiger partial charge in [-0.05, 0) is 77.8 Å². The lowest BCUT2D eigenvalue weighted by molar-refractivity contribution is -0.159. The largest absolute Gasteiger partial charge is 0.458 e. The molecule has 4 unspecified atom stereocenters. The molecule has 4 atom stereocenters. The molecule has 2 aromatic carbocycles. The number of hydrogen-bond acceptors (Lipinski definition) is 6. The number of nitrogens with zero attached hydrogens (tertiary/aromatic N) is 1. The van der Waals surface area contributed by atoms with Gasteiger partial charge in [-0.3, -0.25) is 9.59 Å². The van der Waals surface area contributed by atoms with E-state index in [4.69, 9.17) is 9.47 Å². The summed E-state index contributed by atoms with van der Waals surface area (Å²) in [5.41, 5.74) is -0.0448. The van der Waals surface area contributed by atoms with Crippen molar-refractivity contribution in [1.29, 1.82) is 0 Å². The Hall–Kier alpha value is -3.88. The Labute approximate surface area is 268 Å². The normalized spacial score (nSPS) is 16.3. The zero-order valence-corrected chi connectivity index (χ0v) is 28.1. The van der Waals surface area contributed by atoms with Gasteiger partial charge in [-0.25, -0.2) is 9.59 Å². The number of rotatable bonds is 12. The highest BCUT2D eigenvalue weighted by Crippen LogP contribution is 2.34. The quantitative estimate of drug-likeness (QED) is 0.276. The summed E-state index contributed by atoms with van der Waals surface area (Å²) in [5.74, 6) is -1.65. The van der Waals surface area contributed by atoms with E-state index in [0.29, 0.717) is 12.0 Å². The Balaban J connectivity index is 2.04. The van der Waals surface area contributed by atoms with Crippen LogP contribution in [0, 0.1) is 5.92 Å². The highest BCUT2D eigenvalue weighted by atomic mass is 16.6. The highest BCUT2D eigenvalue weighted by molar-refractivity contribution is 5.94. The van der Waals surface area contributed by atoms with E-state index in [1.807, 2.05) is 74.5 Å². The zero-order chi connectivity index (χ0) is 33.4. The van der Waals surface area contributed by atoms with Crippen LogP contribution in [0.3, 0.4) is 0 Å². The predicted molar refractivity (Wildman–Crippen MR) is 174 cm³/mol. The molecule has 1 aliphatic carbocycles. The van der Waals surface area contributed by atoms with Gasteiger partial charge in [0.05, 0.1) is 0 Å². The smallest absolute Gasteiger partial charge is 0.408 e. The van der Waals surface area contributed by atoms with Crippen molar-refractivity contribution in [3.63, 3.8) is 0 Å². The summed E-state index contributed by atoms with van der Waals surface area (Å²) in [6, 6.07) is 15.3. The van der Waals surface area contributed by atoms with Crippen LogP contribution in [0.1, 0.15) is 98.2 Å². The van der Waals surface area contributed by atoms with Crippen molar-refractivity contribution >= 4 is 23.9 Å². The summed E-state index contributed by atoms with van der Waals surface area (Å²) in [4.78, 5) is 57.0. The number of nitrogens with one attached hydrogen (secondary N) is 2. The zero-order valence-electron chi connectivity index (χ0n) is 28.1. The van der Waals surface area contributed by atoms with E-state index in [0.717, 1.165) is 24.8 Å². The highest BCUT2D eigenvalue weighted by Gasteiger charge is 2.44. The van der Waals surface area contributed by atoms with Crippen molar-refractivity contribution < 1.29 is 28.7 Å². The standard InChI is InChI=1S/C36H51N3O6/c1-9-24(2)29(38-34(43)45-36(6,7)8)32(41)39(27-21-16-22-27)30(26-19-14-11-15-20-26)31(40)37-28(33(42)44-35(3,4)5)23-25-17-12-10-13-18-25/h10-15,17-20,24,27-30H,9,16,21-23H2,1-8H3,(H,37,40)(H,38,43). The number of hydrogen-bond donors (Lipinski definition) is 2. The van der Waals surface area contributed by atoms with E-state index in [9.17, 15) is 19.2 Å². The minimum Gasteiger partial charge on any atom is -0.458 e. The van der Waals surface area contributed by atoms with Crippen LogP contribution in [0.25, 0.3) is 0 Å². The number of carbonyl (C=O) groups is 4. The summed E-state index contributed by atoms with van der Waals surface area (Å²) >= 11 is 0. The van der Waals surface area contributed by atoms with E-state index in [1.54, 1.807) is 46.4 Å². The topological polar surface area (TPSA) is 114 Å². The van der Waals surface area contributed by atoms with Gasteiger partial charge < -0.3 is 25.0 Å². The summed E-state index contributed by atoms with van der Waals surface area (Å²) in [5, 5.41) is 5.77. The third kappa shape index (κ3) is 10.6. The molecule has 0 aromatic heterocycles. The first-order chi connectivity index (χ1) is 21.1. The van der Waals surface area contributed by atoms with Crippen molar-refractivity contribution in [1.82, 2.24) is 15.5 Å². The lowest BCUT2D eigenvalue weighted by Gasteiger charge is -2.44. The second kappa shape index (κ2) is 15.4. The van der Waals surface area contributed by atoms with Crippen LogP contribution in [0.2, 0.25) is 0 Å². The first-order valence-electron chi connectivity index (χ1n) is 16.0. The second-order valence-corrected chi connectivity index (χ2v) is 13.9. The van der Waals surface area contributed by atoms with Crippen LogP contribution in [0.5, 0.6) is 0 Å². The molecule has 0 aliphatic heterocycles. The molecule has 0 heterocycles. The summed E-state index contributed by atoms with van der Waals surface area (Å²) < 4.78 is 11.2. The van der Waals surface area contributed by atoms with Gasteiger partial charge in [0.15, 0.2) is 0 Å². The molecule has 1 fully saturated rings. The van der Waals surface area contributed by atoms with Gasteiger partial charge in [-0.2, -0.15) is 0 Å². The van der Waals surface area contributed by atoms with Crippen LogP contribution in [-0.2, 0) is 30.3 Å². The fourth-order valence-corrected chi connectivity index (χ4v) is 5.20. The molecule has 1 aliphatic rings. The number of amides is 3. The maximum Gasteiger partial charge on any atom is 0.408 e. The van der Waals surface area contributed by atoms with Crippen LogP contribution in [0.15, 0.2) is 60.7 Å². The average Bonchev–Trinajstić information content (AvgIpc) is 2.92. The van der Waals surface area contributed by atoms with Crippen LogP contribution < -0.4 is 10.6 Å². The van der Waals surface area contributed by atoms with Crippen LogP contribution in [0.4, 0.5) is 4.79 Å². The molecular formula is C36H51N3O6. The monoisotopic (exact) mass is 621 g/mol. The Bertz CT molecular complexity index is 1280. The van der Waals surface area contributed by atoms with Crippen molar-refractivity contribution in [2.24, 2.45) is 5.92 Å². The molecule has 1 saturated carbocycles. The second-order valence-electron chi connectivity index (χ2n) is 13.9. The summed E-state index contributed by atoms with van der Waals surface area (Å²) in [7, 11) is 0. The molecule has 2 aromatic rings. The minimum absolute atomic E-state index is 0.213. The first-order valence-corrected chi connectivity index (χ1v) is 16.0. The van der Waals surface area contributed by atoms with Crippen LogP contribution in [-0.4, -0.2) is 58.1 Å².